The van der Waals surface area contributed by atoms with Crippen molar-refractivity contribution in [2.45, 2.75) is 6.92 Å². The Morgan fingerprint density at radius 2 is 1.92 bits per heavy atom. The Labute approximate surface area is 135 Å². The van der Waals surface area contributed by atoms with Gasteiger partial charge in [0.15, 0.2) is 0 Å². The van der Waals surface area contributed by atoms with Crippen LogP contribution in [0.4, 0.5) is 5.69 Å². The molecule has 0 fully saturated rings. The SMILES string of the molecule is Cc1cc(=O)oc2cc(OC(=O)c3ccc(N=[N+]=[N-])cc3)ccc12. The molecular weight excluding hydrogens is 310 g/mol. The van der Waals surface area contributed by atoms with Crippen molar-refractivity contribution in [3.05, 3.63) is 80.5 Å². The van der Waals surface area contributed by atoms with Crippen LogP contribution >= 0.6 is 0 Å². The van der Waals surface area contributed by atoms with Gasteiger partial charge in [-0.3, -0.25) is 0 Å². The molecule has 24 heavy (non-hydrogen) atoms. The number of benzene rings is 2. The van der Waals surface area contributed by atoms with Gasteiger partial charge in [0.25, 0.3) is 0 Å². The summed E-state index contributed by atoms with van der Waals surface area (Å²) in [7, 11) is 0. The third kappa shape index (κ3) is 3.11. The minimum Gasteiger partial charge on any atom is -0.423 e. The molecule has 0 aliphatic rings. The highest BCUT2D eigenvalue weighted by Crippen LogP contribution is 2.23. The monoisotopic (exact) mass is 321 g/mol. The van der Waals surface area contributed by atoms with E-state index in [9.17, 15) is 9.59 Å². The molecule has 3 rings (SSSR count). The molecule has 1 heterocycles. The predicted octanol–water partition coefficient (Wildman–Crippen LogP) is 4.26. The molecule has 1 aromatic heterocycles. The van der Waals surface area contributed by atoms with Crippen molar-refractivity contribution >= 4 is 22.6 Å². The first-order valence-corrected chi connectivity index (χ1v) is 6.99. The zero-order valence-corrected chi connectivity index (χ0v) is 12.6. The molecule has 2 aromatic carbocycles. The number of aryl methyl sites for hydroxylation is 1. The van der Waals surface area contributed by atoms with Crippen molar-refractivity contribution in [3.8, 4) is 5.75 Å². The van der Waals surface area contributed by atoms with Gasteiger partial charge in [0.05, 0.1) is 5.56 Å². The van der Waals surface area contributed by atoms with Crippen molar-refractivity contribution in [2.75, 3.05) is 0 Å². The lowest BCUT2D eigenvalue weighted by Gasteiger charge is -2.06. The molecule has 0 atom stereocenters. The zero-order valence-electron chi connectivity index (χ0n) is 12.6. The largest absolute Gasteiger partial charge is 0.423 e. The summed E-state index contributed by atoms with van der Waals surface area (Å²) >= 11 is 0. The lowest BCUT2D eigenvalue weighted by molar-refractivity contribution is 0.0735. The van der Waals surface area contributed by atoms with E-state index in [1.54, 1.807) is 19.1 Å². The highest BCUT2D eigenvalue weighted by molar-refractivity contribution is 5.92. The number of carbonyl (C=O) groups is 1. The van der Waals surface area contributed by atoms with Gasteiger partial charge in [-0.25, -0.2) is 9.59 Å². The number of esters is 1. The Morgan fingerprint density at radius 1 is 1.17 bits per heavy atom. The fraction of sp³-hybridized carbons (Fsp3) is 0.0588. The van der Waals surface area contributed by atoms with Crippen molar-refractivity contribution < 1.29 is 13.9 Å². The van der Waals surface area contributed by atoms with Gasteiger partial charge < -0.3 is 9.15 Å². The van der Waals surface area contributed by atoms with E-state index in [2.05, 4.69) is 10.0 Å². The van der Waals surface area contributed by atoms with Crippen LogP contribution in [0.2, 0.25) is 0 Å². The van der Waals surface area contributed by atoms with Crippen LogP contribution in [0, 0.1) is 6.92 Å². The van der Waals surface area contributed by atoms with Crippen LogP contribution in [-0.4, -0.2) is 5.97 Å². The molecule has 0 aliphatic heterocycles. The number of hydrogen-bond acceptors (Lipinski definition) is 5. The molecule has 0 saturated carbocycles. The molecule has 0 bridgehead atoms. The van der Waals surface area contributed by atoms with Gasteiger partial charge in [0, 0.05) is 28.1 Å². The molecule has 0 aliphatic carbocycles. The molecule has 0 N–H and O–H groups in total. The van der Waals surface area contributed by atoms with Gasteiger partial charge in [0.1, 0.15) is 11.3 Å². The molecule has 0 amide bonds. The Morgan fingerprint density at radius 3 is 2.62 bits per heavy atom. The molecule has 0 spiro atoms. The molecule has 118 valence electrons. The maximum atomic E-state index is 12.1. The fourth-order valence-electron chi connectivity index (χ4n) is 2.25. The minimum absolute atomic E-state index is 0.264. The summed E-state index contributed by atoms with van der Waals surface area (Å²) in [4.78, 5) is 26.2. The van der Waals surface area contributed by atoms with E-state index in [0.717, 1.165) is 10.9 Å². The predicted molar refractivity (Wildman–Crippen MR) is 87.4 cm³/mol. The van der Waals surface area contributed by atoms with E-state index in [1.807, 2.05) is 0 Å². The van der Waals surface area contributed by atoms with Crippen molar-refractivity contribution in [3.63, 3.8) is 0 Å². The smallest absolute Gasteiger partial charge is 0.343 e. The second-order valence-electron chi connectivity index (χ2n) is 5.03. The summed E-state index contributed by atoms with van der Waals surface area (Å²) in [6.45, 7) is 1.80. The summed E-state index contributed by atoms with van der Waals surface area (Å²) in [6.07, 6.45) is 0. The first-order valence-electron chi connectivity index (χ1n) is 6.99. The van der Waals surface area contributed by atoms with Gasteiger partial charge in [-0.05, 0) is 42.3 Å². The maximum absolute atomic E-state index is 12.1. The highest BCUT2D eigenvalue weighted by Gasteiger charge is 2.10. The van der Waals surface area contributed by atoms with Gasteiger partial charge in [-0.2, -0.15) is 0 Å². The van der Waals surface area contributed by atoms with Gasteiger partial charge in [-0.15, -0.1) is 0 Å². The van der Waals surface area contributed by atoms with E-state index in [0.29, 0.717) is 16.8 Å². The number of ether oxygens (including phenoxy) is 1. The van der Waals surface area contributed by atoms with Crippen LogP contribution in [0.3, 0.4) is 0 Å². The number of carbonyl (C=O) groups excluding carboxylic acids is 1. The number of nitrogens with zero attached hydrogens (tertiary/aromatic N) is 3. The Kier molecular flexibility index (Phi) is 4.01. The fourth-order valence-corrected chi connectivity index (χ4v) is 2.25. The number of fused-ring (bicyclic) bond motifs is 1. The second-order valence-corrected chi connectivity index (χ2v) is 5.03. The molecule has 0 unspecified atom stereocenters. The van der Waals surface area contributed by atoms with Gasteiger partial charge in [-0.1, -0.05) is 17.2 Å². The molecule has 7 nitrogen and oxygen atoms in total. The van der Waals surface area contributed by atoms with Crippen LogP contribution in [0.5, 0.6) is 5.75 Å². The van der Waals surface area contributed by atoms with E-state index in [4.69, 9.17) is 14.7 Å². The van der Waals surface area contributed by atoms with E-state index >= 15 is 0 Å². The molecule has 0 radical (unpaired) electrons. The molecule has 0 saturated heterocycles. The number of rotatable bonds is 3. The van der Waals surface area contributed by atoms with Crippen LogP contribution < -0.4 is 10.4 Å². The Balaban J connectivity index is 1.87. The summed E-state index contributed by atoms with van der Waals surface area (Å²) in [5.74, 6) is -0.308. The first kappa shape index (κ1) is 15.3. The molecule has 7 heteroatoms. The van der Waals surface area contributed by atoms with Gasteiger partial charge >= 0.3 is 11.6 Å². The normalized spacial score (nSPS) is 10.2. The summed E-state index contributed by atoms with van der Waals surface area (Å²) < 4.78 is 10.4. The van der Waals surface area contributed by atoms with Crippen molar-refractivity contribution in [2.24, 2.45) is 5.11 Å². The average molecular weight is 321 g/mol. The maximum Gasteiger partial charge on any atom is 0.343 e. The highest BCUT2D eigenvalue weighted by atomic mass is 16.5. The third-order valence-corrected chi connectivity index (χ3v) is 3.40. The van der Waals surface area contributed by atoms with E-state index < -0.39 is 11.6 Å². The quantitative estimate of drug-likeness (QED) is 0.179. The zero-order chi connectivity index (χ0) is 17.1. The van der Waals surface area contributed by atoms with Crippen molar-refractivity contribution in [1.29, 1.82) is 0 Å². The summed E-state index contributed by atoms with van der Waals surface area (Å²) in [6, 6.07) is 12.3. The second kappa shape index (κ2) is 6.28. The van der Waals surface area contributed by atoms with Gasteiger partial charge in [0.2, 0.25) is 0 Å². The number of azide groups is 1. The Hall–Kier alpha value is -3.57. The lowest BCUT2D eigenvalue weighted by Crippen LogP contribution is -2.08. The molecular formula is C17H11N3O4. The summed E-state index contributed by atoms with van der Waals surface area (Å²) in [5, 5.41) is 4.20. The van der Waals surface area contributed by atoms with Crippen LogP contribution in [0.15, 0.2) is 62.9 Å². The number of hydrogen-bond donors (Lipinski definition) is 0. The minimum atomic E-state index is -0.572. The van der Waals surface area contributed by atoms with E-state index in [-0.39, 0.29) is 5.75 Å². The first-order chi connectivity index (χ1) is 11.6. The third-order valence-electron chi connectivity index (χ3n) is 3.40. The van der Waals surface area contributed by atoms with Crippen LogP contribution in [0.25, 0.3) is 21.4 Å². The summed E-state index contributed by atoms with van der Waals surface area (Å²) in [5.41, 5.74) is 9.73. The topological polar surface area (TPSA) is 105 Å². The van der Waals surface area contributed by atoms with Crippen LogP contribution in [-0.2, 0) is 0 Å². The van der Waals surface area contributed by atoms with Crippen molar-refractivity contribution in [1.82, 2.24) is 0 Å². The molecule has 3 aromatic rings. The Bertz CT molecular complexity index is 1030. The lowest BCUT2D eigenvalue weighted by atomic mass is 10.1. The average Bonchev–Trinajstić information content (AvgIpc) is 2.55. The standard InChI is InChI=1S/C17H11N3O4/c1-10-8-16(21)24-15-9-13(6-7-14(10)15)23-17(22)11-2-4-12(5-3-11)19-20-18/h2-9H,1H3. The van der Waals surface area contributed by atoms with E-state index in [1.165, 1.54) is 36.4 Å². The van der Waals surface area contributed by atoms with Crippen LogP contribution in [0.1, 0.15) is 15.9 Å².